The molecule has 2 atom stereocenters. The lowest BCUT2D eigenvalue weighted by atomic mass is 10.4. The van der Waals surface area contributed by atoms with Gasteiger partial charge in [0.05, 0.1) is 0 Å². The zero-order chi connectivity index (χ0) is 8.67. The molecule has 1 saturated heterocycles. The number of anilines is 1. The summed E-state index contributed by atoms with van der Waals surface area (Å²) >= 11 is 0. The smallest absolute Gasteiger partial charge is 0.148 e. The van der Waals surface area contributed by atoms with Gasteiger partial charge in [-0.25, -0.2) is 0 Å². The van der Waals surface area contributed by atoms with Gasteiger partial charge in [-0.1, -0.05) is 0 Å². The van der Waals surface area contributed by atoms with E-state index in [1.807, 2.05) is 12.1 Å². The van der Waals surface area contributed by atoms with E-state index in [0.29, 0.717) is 6.04 Å². The van der Waals surface area contributed by atoms with Gasteiger partial charge in [-0.2, -0.15) is 5.10 Å². The van der Waals surface area contributed by atoms with Crippen molar-refractivity contribution in [1.82, 2.24) is 15.5 Å². The molecule has 2 fully saturated rings. The van der Waals surface area contributed by atoms with Gasteiger partial charge in [-0.3, -0.25) is 0 Å². The average Bonchev–Trinajstić information content (AvgIpc) is 2.65. The second-order valence-electron chi connectivity index (χ2n) is 3.76. The maximum Gasteiger partial charge on any atom is 0.148 e. The van der Waals surface area contributed by atoms with Crippen LogP contribution in [-0.4, -0.2) is 29.3 Å². The first-order valence-electron chi connectivity index (χ1n) is 4.70. The Kier molecular flexibility index (Phi) is 1.49. The van der Waals surface area contributed by atoms with Crippen LogP contribution < -0.4 is 10.6 Å². The quantitative estimate of drug-likeness (QED) is 0.671. The molecule has 1 aliphatic carbocycles. The number of hydrogen-bond donors (Lipinski definition) is 2. The summed E-state index contributed by atoms with van der Waals surface area (Å²) in [6, 6.07) is 4.51. The van der Waals surface area contributed by atoms with Crippen LogP contribution in [0, 0.1) is 11.8 Å². The van der Waals surface area contributed by atoms with Crippen LogP contribution in [0.2, 0.25) is 0 Å². The molecule has 0 radical (unpaired) electrons. The van der Waals surface area contributed by atoms with Gasteiger partial charge < -0.3 is 10.6 Å². The lowest BCUT2D eigenvalue weighted by Crippen LogP contribution is -2.21. The van der Waals surface area contributed by atoms with Crippen molar-refractivity contribution in [2.45, 2.75) is 6.04 Å². The van der Waals surface area contributed by atoms with Crippen molar-refractivity contribution in [1.29, 1.82) is 0 Å². The van der Waals surface area contributed by atoms with Crippen molar-refractivity contribution in [3.05, 3.63) is 18.3 Å². The summed E-state index contributed by atoms with van der Waals surface area (Å²) in [6.45, 7) is 2.31. The van der Waals surface area contributed by atoms with Crippen LogP contribution in [0.25, 0.3) is 0 Å². The van der Waals surface area contributed by atoms with Crippen LogP contribution in [-0.2, 0) is 0 Å². The Bertz CT molecular complexity index is 290. The minimum Gasteiger partial charge on any atom is -0.365 e. The molecular weight excluding hydrogens is 164 g/mol. The van der Waals surface area contributed by atoms with Gasteiger partial charge in [0.2, 0.25) is 0 Å². The third-order valence-corrected chi connectivity index (χ3v) is 2.98. The van der Waals surface area contributed by atoms with Crippen LogP contribution in [0.4, 0.5) is 5.82 Å². The molecule has 1 aromatic rings. The lowest BCUT2D eigenvalue weighted by Gasteiger charge is -2.06. The van der Waals surface area contributed by atoms with E-state index in [0.717, 1.165) is 30.7 Å². The molecule has 0 spiro atoms. The van der Waals surface area contributed by atoms with Gasteiger partial charge in [0.15, 0.2) is 0 Å². The second-order valence-corrected chi connectivity index (χ2v) is 3.76. The van der Waals surface area contributed by atoms with Gasteiger partial charge in [0.25, 0.3) is 0 Å². The Balaban J connectivity index is 1.66. The number of fused-ring (bicyclic) bond motifs is 1. The van der Waals surface area contributed by atoms with Crippen LogP contribution in [0.15, 0.2) is 18.3 Å². The van der Waals surface area contributed by atoms with E-state index in [1.165, 1.54) is 0 Å². The van der Waals surface area contributed by atoms with Gasteiger partial charge in [-0.05, 0) is 24.0 Å². The molecule has 4 nitrogen and oxygen atoms in total. The molecule has 2 unspecified atom stereocenters. The largest absolute Gasteiger partial charge is 0.365 e. The summed E-state index contributed by atoms with van der Waals surface area (Å²) in [7, 11) is 0. The predicted octanol–water partition coefficient (Wildman–Crippen LogP) is 0.106. The summed E-state index contributed by atoms with van der Waals surface area (Å²) in [6.07, 6.45) is 1.69. The molecule has 2 aliphatic rings. The third kappa shape index (κ3) is 1.18. The maximum atomic E-state index is 4.00. The van der Waals surface area contributed by atoms with Crippen molar-refractivity contribution in [3.8, 4) is 0 Å². The summed E-state index contributed by atoms with van der Waals surface area (Å²) in [5.41, 5.74) is 0. The Labute approximate surface area is 76.8 Å². The minimum absolute atomic E-state index is 0.637. The Morgan fingerprint density at radius 3 is 2.92 bits per heavy atom. The van der Waals surface area contributed by atoms with Crippen LogP contribution >= 0.6 is 0 Å². The standard InChI is InChI=1S/C9H12N4/c1-2-8(13-11-3-1)12-9-6-4-10-5-7(6)9/h1-3,6-7,9-10H,4-5H2,(H,12,13). The fourth-order valence-electron chi connectivity index (χ4n) is 2.18. The Morgan fingerprint density at radius 2 is 2.23 bits per heavy atom. The topological polar surface area (TPSA) is 49.8 Å². The van der Waals surface area contributed by atoms with Crippen molar-refractivity contribution in [3.63, 3.8) is 0 Å². The molecule has 4 heteroatoms. The van der Waals surface area contributed by atoms with E-state index in [-0.39, 0.29) is 0 Å². The van der Waals surface area contributed by atoms with Crippen LogP contribution in [0.1, 0.15) is 0 Å². The predicted molar refractivity (Wildman–Crippen MR) is 49.3 cm³/mol. The summed E-state index contributed by atoms with van der Waals surface area (Å²) in [5.74, 6) is 2.55. The van der Waals surface area contributed by atoms with E-state index in [1.54, 1.807) is 6.20 Å². The molecule has 0 bridgehead atoms. The molecule has 0 aromatic carbocycles. The highest BCUT2D eigenvalue weighted by molar-refractivity contribution is 5.37. The van der Waals surface area contributed by atoms with Crippen LogP contribution in [0.3, 0.4) is 0 Å². The van der Waals surface area contributed by atoms with Gasteiger partial charge in [0, 0.05) is 25.3 Å². The summed E-state index contributed by atoms with van der Waals surface area (Å²) < 4.78 is 0. The zero-order valence-electron chi connectivity index (χ0n) is 7.27. The number of hydrogen-bond acceptors (Lipinski definition) is 4. The normalized spacial score (nSPS) is 35.5. The number of nitrogens with one attached hydrogen (secondary N) is 2. The maximum absolute atomic E-state index is 4.00. The fraction of sp³-hybridized carbons (Fsp3) is 0.556. The van der Waals surface area contributed by atoms with Crippen molar-refractivity contribution in [2.24, 2.45) is 11.8 Å². The first-order chi connectivity index (χ1) is 6.45. The summed E-state index contributed by atoms with van der Waals surface area (Å²) in [4.78, 5) is 0. The molecule has 2 N–H and O–H groups in total. The Morgan fingerprint density at radius 1 is 1.38 bits per heavy atom. The van der Waals surface area contributed by atoms with E-state index in [2.05, 4.69) is 20.8 Å². The van der Waals surface area contributed by atoms with Gasteiger partial charge >= 0.3 is 0 Å². The molecule has 13 heavy (non-hydrogen) atoms. The van der Waals surface area contributed by atoms with E-state index in [9.17, 15) is 0 Å². The minimum atomic E-state index is 0.637. The third-order valence-electron chi connectivity index (χ3n) is 2.98. The van der Waals surface area contributed by atoms with Crippen molar-refractivity contribution < 1.29 is 0 Å². The Hall–Kier alpha value is -1.16. The van der Waals surface area contributed by atoms with E-state index >= 15 is 0 Å². The van der Waals surface area contributed by atoms with Crippen molar-refractivity contribution in [2.75, 3.05) is 18.4 Å². The molecule has 3 rings (SSSR count). The van der Waals surface area contributed by atoms with Crippen molar-refractivity contribution >= 4 is 5.82 Å². The molecule has 68 valence electrons. The van der Waals surface area contributed by atoms with E-state index in [4.69, 9.17) is 0 Å². The fourth-order valence-corrected chi connectivity index (χ4v) is 2.18. The highest BCUT2D eigenvalue weighted by atomic mass is 15.2. The highest BCUT2D eigenvalue weighted by Crippen LogP contribution is 2.43. The zero-order valence-corrected chi connectivity index (χ0v) is 7.27. The number of aromatic nitrogens is 2. The SMILES string of the molecule is c1cnnc(NC2C3CNCC32)c1. The van der Waals surface area contributed by atoms with E-state index < -0.39 is 0 Å². The van der Waals surface area contributed by atoms with Crippen LogP contribution in [0.5, 0.6) is 0 Å². The molecule has 1 aromatic heterocycles. The molecule has 1 saturated carbocycles. The average molecular weight is 176 g/mol. The number of nitrogens with zero attached hydrogens (tertiary/aromatic N) is 2. The van der Waals surface area contributed by atoms with Gasteiger partial charge in [-0.15, -0.1) is 5.10 Å². The first-order valence-corrected chi connectivity index (χ1v) is 4.70. The molecule has 0 amide bonds. The van der Waals surface area contributed by atoms with Gasteiger partial charge in [0.1, 0.15) is 5.82 Å². The molecule has 1 aliphatic heterocycles. The summed E-state index contributed by atoms with van der Waals surface area (Å²) in [5, 5.41) is 14.6. The lowest BCUT2D eigenvalue weighted by molar-refractivity contribution is 0.694. The number of piperidine rings is 1. The first kappa shape index (κ1) is 7.26. The second kappa shape index (κ2) is 2.67. The number of rotatable bonds is 2. The highest BCUT2D eigenvalue weighted by Gasteiger charge is 2.53. The monoisotopic (exact) mass is 176 g/mol. The molecule has 2 heterocycles. The molecular formula is C9H12N4.